The molecular weight excluding hydrogens is 316 g/mol. The van der Waals surface area contributed by atoms with Gasteiger partial charge in [-0.15, -0.1) is 0 Å². The maximum absolute atomic E-state index is 12.3. The second-order valence-electron chi connectivity index (χ2n) is 6.31. The predicted octanol–water partition coefficient (Wildman–Crippen LogP) is 3.95. The fourth-order valence-electron chi connectivity index (χ4n) is 2.85. The van der Waals surface area contributed by atoms with Gasteiger partial charge in [0.1, 0.15) is 6.61 Å². The molecule has 25 heavy (non-hydrogen) atoms. The molecule has 0 heterocycles. The maximum Gasteiger partial charge on any atom is 0.374 e. The lowest BCUT2D eigenvalue weighted by Gasteiger charge is -2.20. The molecular formula is C21H24O4. The Morgan fingerprint density at radius 2 is 1.80 bits per heavy atom. The number of rotatable bonds is 8. The monoisotopic (exact) mass is 340 g/mol. The SMILES string of the molecule is CCC1=CC=C(C(=O)CCC(=O)C(=O)OCc2ccccc2)C(C)C1. The van der Waals surface area contributed by atoms with Crippen LogP contribution in [0.2, 0.25) is 0 Å². The standard InChI is InChI=1S/C21H24O4/c1-3-16-9-10-18(15(2)13-16)19(22)11-12-20(23)21(24)25-14-17-7-5-4-6-8-17/h4-10,15H,3,11-14H2,1-2H3. The number of hydrogen-bond donors (Lipinski definition) is 0. The predicted molar refractivity (Wildman–Crippen MR) is 95.7 cm³/mol. The lowest BCUT2D eigenvalue weighted by Crippen LogP contribution is -2.20. The Hall–Kier alpha value is -2.49. The second kappa shape index (κ2) is 9.11. The molecule has 0 bridgehead atoms. The molecule has 0 amide bonds. The van der Waals surface area contributed by atoms with E-state index in [0.717, 1.165) is 24.0 Å². The molecule has 0 N–H and O–H groups in total. The molecule has 1 aromatic carbocycles. The minimum absolute atomic E-state index is 0.0464. The molecule has 0 saturated carbocycles. The Balaban J connectivity index is 1.81. The van der Waals surface area contributed by atoms with Crippen molar-refractivity contribution in [2.45, 2.75) is 46.1 Å². The normalized spacial score (nSPS) is 16.6. The van der Waals surface area contributed by atoms with Gasteiger partial charge in [0.05, 0.1) is 0 Å². The van der Waals surface area contributed by atoms with Crippen molar-refractivity contribution in [1.29, 1.82) is 0 Å². The number of carbonyl (C=O) groups is 3. The summed E-state index contributed by atoms with van der Waals surface area (Å²) in [4.78, 5) is 35.9. The molecule has 0 aliphatic heterocycles. The molecule has 4 heteroatoms. The highest BCUT2D eigenvalue weighted by atomic mass is 16.5. The van der Waals surface area contributed by atoms with E-state index < -0.39 is 11.8 Å². The summed E-state index contributed by atoms with van der Waals surface area (Å²) in [6, 6.07) is 9.16. The van der Waals surface area contributed by atoms with Crippen LogP contribution in [0, 0.1) is 5.92 Å². The Bertz CT molecular complexity index is 698. The number of hydrogen-bond acceptors (Lipinski definition) is 4. The zero-order valence-corrected chi connectivity index (χ0v) is 14.8. The fourth-order valence-corrected chi connectivity index (χ4v) is 2.85. The Morgan fingerprint density at radius 3 is 2.44 bits per heavy atom. The van der Waals surface area contributed by atoms with Gasteiger partial charge in [0.15, 0.2) is 5.78 Å². The lowest BCUT2D eigenvalue weighted by atomic mass is 9.84. The van der Waals surface area contributed by atoms with Gasteiger partial charge < -0.3 is 4.74 Å². The molecule has 0 spiro atoms. The molecule has 2 rings (SSSR count). The lowest BCUT2D eigenvalue weighted by molar-refractivity contribution is -0.155. The summed E-state index contributed by atoms with van der Waals surface area (Å²) in [5, 5.41) is 0. The van der Waals surface area contributed by atoms with E-state index in [1.165, 1.54) is 5.57 Å². The zero-order valence-electron chi connectivity index (χ0n) is 14.8. The Morgan fingerprint density at radius 1 is 1.08 bits per heavy atom. The molecule has 1 unspecified atom stereocenters. The van der Waals surface area contributed by atoms with Crippen molar-refractivity contribution in [2.75, 3.05) is 0 Å². The van der Waals surface area contributed by atoms with E-state index in [9.17, 15) is 14.4 Å². The number of esters is 1. The molecule has 1 aliphatic rings. The summed E-state index contributed by atoms with van der Waals surface area (Å²) >= 11 is 0. The van der Waals surface area contributed by atoms with Gasteiger partial charge >= 0.3 is 5.97 Å². The number of ketones is 2. The van der Waals surface area contributed by atoms with Gasteiger partial charge in [-0.2, -0.15) is 0 Å². The van der Waals surface area contributed by atoms with Crippen LogP contribution in [0.4, 0.5) is 0 Å². The molecule has 0 fully saturated rings. The third kappa shape index (κ3) is 5.52. The summed E-state index contributed by atoms with van der Waals surface area (Å²) in [5.41, 5.74) is 2.88. The van der Waals surface area contributed by atoms with Crippen molar-refractivity contribution in [3.8, 4) is 0 Å². The number of Topliss-reactive ketones (excluding diaryl/α,β-unsaturated/α-hetero) is 2. The van der Waals surface area contributed by atoms with Gasteiger partial charge in [0.25, 0.3) is 0 Å². The van der Waals surface area contributed by atoms with Crippen molar-refractivity contribution in [2.24, 2.45) is 5.92 Å². The van der Waals surface area contributed by atoms with Crippen LogP contribution in [-0.4, -0.2) is 17.5 Å². The number of ether oxygens (including phenoxy) is 1. The quantitative estimate of drug-likeness (QED) is 0.531. The summed E-state index contributed by atoms with van der Waals surface area (Å²) < 4.78 is 4.99. The van der Waals surface area contributed by atoms with Gasteiger partial charge in [-0.3, -0.25) is 9.59 Å². The zero-order chi connectivity index (χ0) is 18.2. The first-order chi connectivity index (χ1) is 12.0. The van der Waals surface area contributed by atoms with Crippen molar-refractivity contribution >= 4 is 17.5 Å². The Kier molecular flexibility index (Phi) is 6.87. The highest BCUT2D eigenvalue weighted by Crippen LogP contribution is 2.27. The first-order valence-electron chi connectivity index (χ1n) is 8.68. The average molecular weight is 340 g/mol. The minimum Gasteiger partial charge on any atom is -0.455 e. The first-order valence-corrected chi connectivity index (χ1v) is 8.68. The molecule has 132 valence electrons. The summed E-state index contributed by atoms with van der Waals surface area (Å²) in [7, 11) is 0. The van der Waals surface area contributed by atoms with Crippen molar-refractivity contribution in [3.05, 3.63) is 59.2 Å². The number of allylic oxidation sites excluding steroid dienone is 4. The molecule has 0 radical (unpaired) electrons. The van der Waals surface area contributed by atoms with E-state index >= 15 is 0 Å². The molecule has 4 nitrogen and oxygen atoms in total. The van der Waals surface area contributed by atoms with Gasteiger partial charge in [0.2, 0.25) is 5.78 Å². The van der Waals surface area contributed by atoms with Crippen LogP contribution in [-0.2, 0) is 25.7 Å². The van der Waals surface area contributed by atoms with Crippen LogP contribution in [0.25, 0.3) is 0 Å². The summed E-state index contributed by atoms with van der Waals surface area (Å²) in [6.07, 6.45) is 5.64. The van der Waals surface area contributed by atoms with E-state index in [0.29, 0.717) is 0 Å². The van der Waals surface area contributed by atoms with Crippen LogP contribution < -0.4 is 0 Å². The van der Waals surface area contributed by atoms with E-state index in [1.54, 1.807) is 0 Å². The largest absolute Gasteiger partial charge is 0.455 e. The minimum atomic E-state index is -0.879. The van der Waals surface area contributed by atoms with Crippen molar-refractivity contribution in [1.82, 2.24) is 0 Å². The molecule has 0 aromatic heterocycles. The van der Waals surface area contributed by atoms with Crippen molar-refractivity contribution < 1.29 is 19.1 Å². The third-order valence-corrected chi connectivity index (χ3v) is 4.39. The van der Waals surface area contributed by atoms with Crippen LogP contribution in [0.5, 0.6) is 0 Å². The van der Waals surface area contributed by atoms with Crippen molar-refractivity contribution in [3.63, 3.8) is 0 Å². The van der Waals surface area contributed by atoms with E-state index in [4.69, 9.17) is 4.74 Å². The molecule has 1 aromatic rings. The Labute approximate surface area is 148 Å². The average Bonchev–Trinajstić information content (AvgIpc) is 2.64. The van der Waals surface area contributed by atoms with E-state index in [1.807, 2.05) is 49.4 Å². The van der Waals surface area contributed by atoms with Gasteiger partial charge in [0, 0.05) is 12.8 Å². The van der Waals surface area contributed by atoms with Gasteiger partial charge in [-0.1, -0.05) is 61.9 Å². The summed E-state index contributed by atoms with van der Waals surface area (Å²) in [6.45, 7) is 4.17. The number of benzene rings is 1. The highest BCUT2D eigenvalue weighted by Gasteiger charge is 2.23. The first kappa shape index (κ1) is 18.8. The van der Waals surface area contributed by atoms with Crippen LogP contribution >= 0.6 is 0 Å². The highest BCUT2D eigenvalue weighted by molar-refractivity contribution is 6.34. The van der Waals surface area contributed by atoms with Crippen LogP contribution in [0.15, 0.2) is 53.6 Å². The van der Waals surface area contributed by atoms with Crippen LogP contribution in [0.3, 0.4) is 0 Å². The third-order valence-electron chi connectivity index (χ3n) is 4.39. The fraction of sp³-hybridized carbons (Fsp3) is 0.381. The van der Waals surface area contributed by atoms with E-state index in [2.05, 4.69) is 6.92 Å². The number of carbonyl (C=O) groups excluding carboxylic acids is 3. The van der Waals surface area contributed by atoms with Gasteiger partial charge in [-0.05, 0) is 29.9 Å². The van der Waals surface area contributed by atoms with Crippen LogP contribution in [0.1, 0.15) is 45.1 Å². The smallest absolute Gasteiger partial charge is 0.374 e. The van der Waals surface area contributed by atoms with E-state index in [-0.39, 0.29) is 31.1 Å². The van der Waals surface area contributed by atoms with Gasteiger partial charge in [-0.25, -0.2) is 4.79 Å². The molecule has 1 atom stereocenters. The summed E-state index contributed by atoms with van der Waals surface area (Å²) in [5.74, 6) is -1.44. The molecule has 1 aliphatic carbocycles. The topological polar surface area (TPSA) is 60.4 Å². The second-order valence-corrected chi connectivity index (χ2v) is 6.31. The maximum atomic E-state index is 12.3. The molecule has 0 saturated heterocycles.